The number of allylic oxidation sites excluding steroid dienone is 1. The molecule has 46 heavy (non-hydrogen) atoms. The van der Waals surface area contributed by atoms with E-state index in [4.69, 9.17) is 21.1 Å². The predicted molar refractivity (Wildman–Crippen MR) is 177 cm³/mol. The number of carboxylic acids is 1. The molecule has 1 spiro atoms. The second-order valence-electron chi connectivity index (χ2n) is 13.7. The van der Waals surface area contributed by atoms with Crippen LogP contribution in [0.25, 0.3) is 0 Å². The monoisotopic (exact) mass is 670 g/mol. The van der Waals surface area contributed by atoms with E-state index >= 15 is 0 Å². The van der Waals surface area contributed by atoms with E-state index in [1.54, 1.807) is 32.0 Å². The van der Waals surface area contributed by atoms with Crippen LogP contribution in [0.5, 0.6) is 5.75 Å². The molecule has 2 aliphatic carbocycles. The summed E-state index contributed by atoms with van der Waals surface area (Å²) in [6.07, 6.45) is 8.08. The van der Waals surface area contributed by atoms with Gasteiger partial charge in [0.25, 0.3) is 5.91 Å². The molecule has 0 unspecified atom stereocenters. The summed E-state index contributed by atoms with van der Waals surface area (Å²) >= 11 is 6.40. The first-order valence-corrected chi connectivity index (χ1v) is 18.1. The fourth-order valence-corrected chi connectivity index (χ4v) is 9.35. The summed E-state index contributed by atoms with van der Waals surface area (Å²) in [6, 6.07) is 11.3. The molecule has 2 heterocycles. The van der Waals surface area contributed by atoms with Crippen LogP contribution in [0.4, 0.5) is 5.69 Å². The average molecular weight is 671 g/mol. The SMILES string of the molecule is CO[C@H](C(=O)O)[C@@H]1/C=C/[C@@H]2CC[C@H]2CN2C[C@@]3(CCCc4cc(Cl)ccc43)COc3ccc(cc32)C(=O)NS(=O)(=O)[C@@H](C)[C@@H](C)C1. The number of aryl methyl sites for hydroxylation is 1. The van der Waals surface area contributed by atoms with Gasteiger partial charge in [0.1, 0.15) is 5.75 Å². The second kappa shape index (κ2) is 12.8. The number of nitrogens with one attached hydrogen (secondary N) is 1. The number of amides is 1. The van der Waals surface area contributed by atoms with Gasteiger partial charge in [0.2, 0.25) is 10.0 Å². The smallest absolute Gasteiger partial charge is 0.333 e. The van der Waals surface area contributed by atoms with Crippen molar-refractivity contribution in [1.29, 1.82) is 0 Å². The maximum atomic E-state index is 13.5. The minimum Gasteiger partial charge on any atom is -0.490 e. The molecule has 1 fully saturated rings. The van der Waals surface area contributed by atoms with Gasteiger partial charge in [-0.15, -0.1) is 0 Å². The average Bonchev–Trinajstić information content (AvgIpc) is 3.15. The van der Waals surface area contributed by atoms with E-state index in [0.29, 0.717) is 36.4 Å². The van der Waals surface area contributed by atoms with Gasteiger partial charge in [-0.1, -0.05) is 36.7 Å². The van der Waals surface area contributed by atoms with E-state index in [9.17, 15) is 23.1 Å². The minimum absolute atomic E-state index is 0.227. The number of fused-ring (bicyclic) bond motifs is 4. The van der Waals surface area contributed by atoms with Gasteiger partial charge < -0.3 is 19.5 Å². The van der Waals surface area contributed by atoms with E-state index in [1.807, 2.05) is 12.1 Å². The number of methoxy groups -OCH3 is 1. The molecule has 2 aromatic rings. The van der Waals surface area contributed by atoms with Crippen LogP contribution in [0.15, 0.2) is 48.6 Å². The first-order chi connectivity index (χ1) is 21.9. The van der Waals surface area contributed by atoms with Crippen molar-refractivity contribution in [2.75, 3.05) is 31.7 Å². The molecule has 7 atom stereocenters. The fraction of sp³-hybridized carbons (Fsp3) is 0.543. The topological polar surface area (TPSA) is 122 Å². The number of aliphatic carboxylic acids is 1. The molecule has 1 amide bonds. The van der Waals surface area contributed by atoms with Gasteiger partial charge in [0.05, 0.1) is 17.5 Å². The van der Waals surface area contributed by atoms with Gasteiger partial charge in [0, 0.05) is 42.1 Å². The molecule has 1 saturated carbocycles. The molecular weight excluding hydrogens is 628 g/mol. The maximum absolute atomic E-state index is 13.5. The first kappa shape index (κ1) is 32.8. The van der Waals surface area contributed by atoms with E-state index in [1.165, 1.54) is 18.2 Å². The Bertz CT molecular complexity index is 1650. The number of halogens is 1. The Balaban J connectivity index is 1.42. The Labute approximate surface area is 276 Å². The number of sulfonamides is 1. The van der Waals surface area contributed by atoms with Crippen molar-refractivity contribution < 1.29 is 32.6 Å². The van der Waals surface area contributed by atoms with Crippen molar-refractivity contribution in [3.05, 3.63) is 70.3 Å². The highest BCUT2D eigenvalue weighted by molar-refractivity contribution is 7.90. The number of rotatable bonds is 3. The van der Waals surface area contributed by atoms with E-state index < -0.39 is 45.1 Å². The van der Waals surface area contributed by atoms with E-state index in [0.717, 1.165) is 37.8 Å². The van der Waals surface area contributed by atoms with Crippen LogP contribution in [-0.2, 0) is 31.4 Å². The summed E-state index contributed by atoms with van der Waals surface area (Å²) in [6.45, 7) is 5.18. The second-order valence-corrected chi connectivity index (χ2v) is 16.2. The fourth-order valence-electron chi connectivity index (χ4n) is 7.87. The molecule has 0 saturated heterocycles. The zero-order valence-electron chi connectivity index (χ0n) is 26.6. The van der Waals surface area contributed by atoms with Gasteiger partial charge in [-0.25, -0.2) is 17.9 Å². The number of carbonyl (C=O) groups excluding carboxylic acids is 1. The number of carbonyl (C=O) groups is 2. The number of hydrogen-bond acceptors (Lipinski definition) is 7. The highest BCUT2D eigenvalue weighted by Crippen LogP contribution is 2.46. The maximum Gasteiger partial charge on any atom is 0.333 e. The quantitative estimate of drug-likeness (QED) is 0.405. The minimum atomic E-state index is -4.09. The molecule has 2 aromatic carbocycles. The normalized spacial score (nSPS) is 32.0. The molecule has 11 heteroatoms. The highest BCUT2D eigenvalue weighted by Gasteiger charge is 2.43. The van der Waals surface area contributed by atoms with Crippen LogP contribution >= 0.6 is 11.6 Å². The molecule has 9 nitrogen and oxygen atoms in total. The standard InChI is InChI=1S/C35H43ClN2O7S/c1-21-15-25(32(44-3)34(40)41)8-6-23-7-9-27(23)18-38-19-35(14-4-5-24-16-28(36)11-12-29(24)35)20-45-31-13-10-26(17-30(31)38)33(39)37-46(42,43)22(21)2/h6,8,10-13,16-17,21-23,25,27,32H,4-5,7,9,14-15,18-20H2,1-3H3,(H,37,39)(H,40,41)/b8-6+/t21-,22-,23+,25+,27-,32-,35-/m0/s1. The van der Waals surface area contributed by atoms with Gasteiger partial charge in [-0.2, -0.15) is 0 Å². The number of anilines is 1. The Morgan fingerprint density at radius 3 is 2.70 bits per heavy atom. The van der Waals surface area contributed by atoms with Crippen molar-refractivity contribution in [3.63, 3.8) is 0 Å². The zero-order valence-corrected chi connectivity index (χ0v) is 28.1. The number of carboxylic acid groups (broad SMARTS) is 1. The Morgan fingerprint density at radius 1 is 1.17 bits per heavy atom. The summed E-state index contributed by atoms with van der Waals surface area (Å²) in [5.74, 6) is -1.60. The van der Waals surface area contributed by atoms with Crippen molar-refractivity contribution in [2.24, 2.45) is 23.7 Å². The number of nitrogens with zero attached hydrogens (tertiary/aromatic N) is 1. The van der Waals surface area contributed by atoms with Crippen LogP contribution in [0.3, 0.4) is 0 Å². The molecular formula is C35H43ClN2O7S. The summed E-state index contributed by atoms with van der Waals surface area (Å²) in [5, 5.41) is 9.69. The third-order valence-electron chi connectivity index (χ3n) is 10.9. The van der Waals surface area contributed by atoms with Crippen molar-refractivity contribution in [2.45, 2.75) is 69.1 Å². The van der Waals surface area contributed by atoms with Crippen molar-refractivity contribution in [1.82, 2.24) is 4.72 Å². The molecule has 6 rings (SSSR count). The van der Waals surface area contributed by atoms with Gasteiger partial charge in [0.15, 0.2) is 6.10 Å². The van der Waals surface area contributed by atoms with Crippen LogP contribution < -0.4 is 14.4 Å². The Morgan fingerprint density at radius 2 is 1.98 bits per heavy atom. The van der Waals surface area contributed by atoms with Gasteiger partial charge in [-0.05, 0) is 105 Å². The summed E-state index contributed by atoms with van der Waals surface area (Å²) < 4.78 is 41.1. The molecule has 2 bridgehead atoms. The highest BCUT2D eigenvalue weighted by atomic mass is 35.5. The predicted octanol–water partition coefficient (Wildman–Crippen LogP) is 5.60. The Kier molecular flexibility index (Phi) is 9.17. The lowest BCUT2D eigenvalue weighted by Crippen LogP contribution is -2.48. The first-order valence-electron chi connectivity index (χ1n) is 16.2. The summed E-state index contributed by atoms with van der Waals surface area (Å²) in [7, 11) is -2.73. The van der Waals surface area contributed by atoms with Gasteiger partial charge >= 0.3 is 5.97 Å². The lowest BCUT2D eigenvalue weighted by Gasteiger charge is -2.44. The lowest BCUT2D eigenvalue weighted by atomic mass is 9.69. The summed E-state index contributed by atoms with van der Waals surface area (Å²) in [5.41, 5.74) is 3.19. The van der Waals surface area contributed by atoms with Crippen molar-refractivity contribution in [3.8, 4) is 5.75 Å². The van der Waals surface area contributed by atoms with E-state index in [-0.39, 0.29) is 23.3 Å². The van der Waals surface area contributed by atoms with Crippen LogP contribution in [0, 0.1) is 23.7 Å². The third kappa shape index (κ3) is 6.28. The zero-order chi connectivity index (χ0) is 32.8. The van der Waals surface area contributed by atoms with E-state index in [2.05, 4.69) is 27.8 Å². The molecule has 4 aliphatic rings. The lowest BCUT2D eigenvalue weighted by molar-refractivity contribution is -0.151. The largest absolute Gasteiger partial charge is 0.490 e. The van der Waals surface area contributed by atoms with Crippen LogP contribution in [-0.4, -0.2) is 63.6 Å². The third-order valence-corrected chi connectivity index (χ3v) is 13.0. The number of ether oxygens (including phenoxy) is 2. The molecule has 2 aliphatic heterocycles. The molecule has 0 aromatic heterocycles. The molecule has 248 valence electrons. The number of hydrogen-bond donors (Lipinski definition) is 2. The molecule has 2 N–H and O–H groups in total. The Hall–Kier alpha value is -3.08. The van der Waals surface area contributed by atoms with Gasteiger partial charge in [-0.3, -0.25) is 4.79 Å². The van der Waals surface area contributed by atoms with Crippen molar-refractivity contribution >= 4 is 39.2 Å². The summed E-state index contributed by atoms with van der Waals surface area (Å²) in [4.78, 5) is 28.0. The molecule has 0 radical (unpaired) electrons. The van der Waals surface area contributed by atoms with Crippen LogP contribution in [0.1, 0.15) is 67.4 Å². The van der Waals surface area contributed by atoms with Crippen LogP contribution in [0.2, 0.25) is 5.02 Å². The number of benzene rings is 2.